The van der Waals surface area contributed by atoms with Crippen molar-refractivity contribution in [3.05, 3.63) is 35.9 Å². The number of aliphatic hydroxyl groups excluding tert-OH is 2. The maximum atomic E-state index is 10.6. The van der Waals surface area contributed by atoms with Gasteiger partial charge in [-0.05, 0) is 5.56 Å². The van der Waals surface area contributed by atoms with Crippen LogP contribution in [0.5, 0.6) is 0 Å². The third-order valence-electron chi connectivity index (χ3n) is 4.03. The quantitative estimate of drug-likeness (QED) is 0.856. The molecule has 2 rings (SSSR count). The number of ether oxygens (including phenoxy) is 1. The van der Waals surface area contributed by atoms with Crippen LogP contribution in [0.15, 0.2) is 30.3 Å². The number of hydrogen-bond donors (Lipinski definition) is 2. The largest absolute Gasteiger partial charge is 0.395 e. The highest BCUT2D eigenvalue weighted by Gasteiger charge is 2.34. The Labute approximate surface area is 121 Å². The van der Waals surface area contributed by atoms with Gasteiger partial charge in [0, 0.05) is 18.5 Å². The van der Waals surface area contributed by atoms with Gasteiger partial charge in [0.15, 0.2) is 0 Å². The number of aliphatic hydroxyl groups is 2. The smallest absolute Gasteiger partial charge is 0.0853 e. The normalized spacial score (nSPS) is 22.7. The third-order valence-corrected chi connectivity index (χ3v) is 4.03. The zero-order chi connectivity index (χ0) is 14.6. The Morgan fingerprint density at radius 1 is 1.35 bits per heavy atom. The van der Waals surface area contributed by atoms with Gasteiger partial charge in [0.1, 0.15) is 0 Å². The molecule has 112 valence electrons. The van der Waals surface area contributed by atoms with Crippen molar-refractivity contribution >= 4 is 0 Å². The molecular weight excluding hydrogens is 254 g/mol. The van der Waals surface area contributed by atoms with Crippen molar-refractivity contribution in [1.82, 2.24) is 4.90 Å². The van der Waals surface area contributed by atoms with Crippen LogP contribution in [0.25, 0.3) is 0 Å². The number of hydrogen-bond acceptors (Lipinski definition) is 4. The Hall–Kier alpha value is -0.940. The molecule has 1 fully saturated rings. The Morgan fingerprint density at radius 2 is 2.05 bits per heavy atom. The number of nitrogens with zero attached hydrogens (tertiary/aromatic N) is 1. The van der Waals surface area contributed by atoms with E-state index in [1.54, 1.807) is 0 Å². The third kappa shape index (κ3) is 3.58. The summed E-state index contributed by atoms with van der Waals surface area (Å²) in [5, 5.41) is 20.0. The lowest BCUT2D eigenvalue weighted by atomic mass is 9.81. The van der Waals surface area contributed by atoms with Gasteiger partial charge >= 0.3 is 0 Å². The van der Waals surface area contributed by atoms with E-state index in [2.05, 4.69) is 18.7 Å². The summed E-state index contributed by atoms with van der Waals surface area (Å²) in [5.74, 6) is 0. The minimum absolute atomic E-state index is 0.0333. The van der Waals surface area contributed by atoms with E-state index >= 15 is 0 Å². The van der Waals surface area contributed by atoms with E-state index in [4.69, 9.17) is 4.74 Å². The highest BCUT2D eigenvalue weighted by Crippen LogP contribution is 2.34. The van der Waals surface area contributed by atoms with Crippen LogP contribution in [0.3, 0.4) is 0 Å². The van der Waals surface area contributed by atoms with E-state index in [1.165, 1.54) is 0 Å². The molecule has 2 atom stereocenters. The first-order valence-corrected chi connectivity index (χ1v) is 7.20. The molecule has 1 aliphatic heterocycles. The molecule has 0 saturated carbocycles. The van der Waals surface area contributed by atoms with Gasteiger partial charge in [0.2, 0.25) is 0 Å². The Kier molecular flexibility index (Phi) is 5.16. The van der Waals surface area contributed by atoms with Crippen LogP contribution in [-0.4, -0.2) is 54.1 Å². The summed E-state index contributed by atoms with van der Waals surface area (Å²) in [6.45, 7) is 7.01. The van der Waals surface area contributed by atoms with Crippen LogP contribution in [0.4, 0.5) is 0 Å². The number of morpholine rings is 1. The predicted octanol–water partition coefficient (Wildman–Crippen LogP) is 1.44. The molecule has 2 N–H and O–H groups in total. The first-order chi connectivity index (χ1) is 9.54. The monoisotopic (exact) mass is 279 g/mol. The van der Waals surface area contributed by atoms with E-state index in [-0.39, 0.29) is 18.1 Å². The first-order valence-electron chi connectivity index (χ1n) is 7.20. The van der Waals surface area contributed by atoms with Crippen molar-refractivity contribution < 1.29 is 14.9 Å². The molecule has 0 amide bonds. The van der Waals surface area contributed by atoms with Crippen molar-refractivity contribution in [2.45, 2.75) is 26.0 Å². The van der Waals surface area contributed by atoms with Gasteiger partial charge in [-0.3, -0.25) is 4.90 Å². The molecule has 1 heterocycles. The van der Waals surface area contributed by atoms with Crippen molar-refractivity contribution in [2.75, 3.05) is 32.9 Å². The lowest BCUT2D eigenvalue weighted by Gasteiger charge is -2.41. The average Bonchev–Trinajstić information content (AvgIpc) is 2.47. The molecule has 1 saturated heterocycles. The molecule has 0 spiro atoms. The maximum Gasteiger partial charge on any atom is 0.0853 e. The Bertz CT molecular complexity index is 407. The molecule has 20 heavy (non-hydrogen) atoms. The summed E-state index contributed by atoms with van der Waals surface area (Å²) >= 11 is 0. The molecule has 1 aromatic rings. The molecule has 4 nitrogen and oxygen atoms in total. The van der Waals surface area contributed by atoms with Crippen molar-refractivity contribution in [1.29, 1.82) is 0 Å². The van der Waals surface area contributed by atoms with E-state index in [9.17, 15) is 10.2 Å². The van der Waals surface area contributed by atoms with Gasteiger partial charge in [-0.25, -0.2) is 0 Å². The fourth-order valence-corrected chi connectivity index (χ4v) is 2.76. The van der Waals surface area contributed by atoms with Crippen LogP contribution in [0.1, 0.15) is 25.5 Å². The molecule has 2 unspecified atom stereocenters. The van der Waals surface area contributed by atoms with E-state index < -0.39 is 6.10 Å². The number of rotatable bonds is 5. The van der Waals surface area contributed by atoms with E-state index in [0.29, 0.717) is 13.2 Å². The van der Waals surface area contributed by atoms with Gasteiger partial charge in [0.05, 0.1) is 32.0 Å². The van der Waals surface area contributed by atoms with Crippen LogP contribution in [-0.2, 0) is 4.74 Å². The standard InChI is InChI=1S/C16H25NO3/c1-16(2,15(19)13-6-4-3-5-7-13)12-17-8-9-20-11-14(17)10-18/h3-7,14-15,18-19H,8-12H2,1-2H3. The topological polar surface area (TPSA) is 52.9 Å². The Morgan fingerprint density at radius 3 is 2.70 bits per heavy atom. The summed E-state index contributed by atoms with van der Waals surface area (Å²) in [4.78, 5) is 2.22. The van der Waals surface area contributed by atoms with Crippen molar-refractivity contribution in [3.63, 3.8) is 0 Å². The summed E-state index contributed by atoms with van der Waals surface area (Å²) in [7, 11) is 0. The highest BCUT2D eigenvalue weighted by molar-refractivity contribution is 5.19. The molecule has 0 aromatic heterocycles. The lowest BCUT2D eigenvalue weighted by molar-refractivity contribution is -0.0611. The van der Waals surface area contributed by atoms with Gasteiger partial charge in [-0.1, -0.05) is 44.2 Å². The van der Waals surface area contributed by atoms with E-state index in [0.717, 1.165) is 18.7 Å². The SMILES string of the molecule is CC(C)(CN1CCOCC1CO)C(O)c1ccccc1. The molecule has 0 bridgehead atoms. The van der Waals surface area contributed by atoms with E-state index in [1.807, 2.05) is 30.3 Å². The van der Waals surface area contributed by atoms with Crippen molar-refractivity contribution in [3.8, 4) is 0 Å². The summed E-state index contributed by atoms with van der Waals surface area (Å²) in [6.07, 6.45) is -0.522. The minimum atomic E-state index is -0.522. The van der Waals surface area contributed by atoms with Crippen molar-refractivity contribution in [2.24, 2.45) is 5.41 Å². The molecule has 4 heteroatoms. The second-order valence-corrected chi connectivity index (χ2v) is 6.18. The zero-order valence-corrected chi connectivity index (χ0v) is 12.3. The van der Waals surface area contributed by atoms with Gasteiger partial charge in [-0.2, -0.15) is 0 Å². The van der Waals surface area contributed by atoms with Gasteiger partial charge in [0.25, 0.3) is 0 Å². The number of benzene rings is 1. The zero-order valence-electron chi connectivity index (χ0n) is 12.3. The minimum Gasteiger partial charge on any atom is -0.395 e. The Balaban J connectivity index is 2.05. The van der Waals surface area contributed by atoms with Crippen LogP contribution >= 0.6 is 0 Å². The second kappa shape index (κ2) is 6.68. The molecule has 1 aliphatic rings. The molecule has 0 radical (unpaired) electrons. The second-order valence-electron chi connectivity index (χ2n) is 6.18. The van der Waals surface area contributed by atoms with Gasteiger partial charge in [-0.15, -0.1) is 0 Å². The molecular formula is C16H25NO3. The van der Waals surface area contributed by atoms with Crippen LogP contribution in [0.2, 0.25) is 0 Å². The lowest BCUT2D eigenvalue weighted by Crippen LogP contribution is -2.51. The average molecular weight is 279 g/mol. The molecule has 0 aliphatic carbocycles. The summed E-state index contributed by atoms with van der Waals surface area (Å²) in [5.41, 5.74) is 0.651. The maximum absolute atomic E-state index is 10.6. The summed E-state index contributed by atoms with van der Waals surface area (Å²) < 4.78 is 5.40. The van der Waals surface area contributed by atoms with Crippen LogP contribution in [0, 0.1) is 5.41 Å². The fraction of sp³-hybridized carbons (Fsp3) is 0.625. The fourth-order valence-electron chi connectivity index (χ4n) is 2.76. The highest BCUT2D eigenvalue weighted by atomic mass is 16.5. The molecule has 1 aromatic carbocycles. The first kappa shape index (κ1) is 15.4. The summed E-state index contributed by atoms with van der Waals surface area (Å²) in [6, 6.07) is 9.78. The predicted molar refractivity (Wildman–Crippen MR) is 78.4 cm³/mol. The van der Waals surface area contributed by atoms with Gasteiger partial charge < -0.3 is 14.9 Å². The van der Waals surface area contributed by atoms with Crippen LogP contribution < -0.4 is 0 Å².